The number of hydrogen-bond acceptors (Lipinski definition) is 2. The fourth-order valence-corrected chi connectivity index (χ4v) is 2.86. The van der Waals surface area contributed by atoms with Crippen LogP contribution >= 0.6 is 0 Å². The summed E-state index contributed by atoms with van der Waals surface area (Å²) in [5.74, 6) is 0.139. The van der Waals surface area contributed by atoms with Crippen LogP contribution in [0.25, 0.3) is 0 Å². The standard InChI is InChI=1S/C14H27NO2Si/c1-11(12-7-9-15-13(12)16)8-10-17-18(5,6)14(2,3)4/h12H,1,7-10H2,2-6H3,(H,15,16). The third-order valence-corrected chi connectivity index (χ3v) is 8.77. The summed E-state index contributed by atoms with van der Waals surface area (Å²) in [5, 5.41) is 3.08. The molecule has 0 spiro atoms. The van der Waals surface area contributed by atoms with E-state index < -0.39 is 8.32 Å². The summed E-state index contributed by atoms with van der Waals surface area (Å²) in [4.78, 5) is 11.5. The van der Waals surface area contributed by atoms with Gasteiger partial charge in [0.15, 0.2) is 8.32 Å². The lowest BCUT2D eigenvalue weighted by Gasteiger charge is -2.36. The first kappa shape index (κ1) is 15.4. The highest BCUT2D eigenvalue weighted by atomic mass is 28.4. The van der Waals surface area contributed by atoms with Crippen molar-refractivity contribution < 1.29 is 9.22 Å². The highest BCUT2D eigenvalue weighted by Crippen LogP contribution is 2.36. The van der Waals surface area contributed by atoms with E-state index >= 15 is 0 Å². The minimum atomic E-state index is -1.67. The van der Waals surface area contributed by atoms with Crippen LogP contribution in [-0.2, 0) is 9.22 Å². The van der Waals surface area contributed by atoms with Gasteiger partial charge in [0.25, 0.3) is 0 Å². The van der Waals surface area contributed by atoms with Gasteiger partial charge >= 0.3 is 0 Å². The summed E-state index contributed by atoms with van der Waals surface area (Å²) in [7, 11) is -1.67. The van der Waals surface area contributed by atoms with E-state index in [9.17, 15) is 4.79 Å². The number of rotatable bonds is 5. The normalized spacial score (nSPS) is 20.9. The smallest absolute Gasteiger partial charge is 0.227 e. The van der Waals surface area contributed by atoms with Crippen molar-refractivity contribution in [1.29, 1.82) is 0 Å². The van der Waals surface area contributed by atoms with Gasteiger partial charge in [-0.3, -0.25) is 4.79 Å². The first-order valence-corrected chi connectivity index (χ1v) is 9.65. The van der Waals surface area contributed by atoms with Crippen molar-refractivity contribution in [3.05, 3.63) is 12.2 Å². The molecule has 1 N–H and O–H groups in total. The molecule has 18 heavy (non-hydrogen) atoms. The maximum absolute atomic E-state index is 11.5. The molecule has 1 aliphatic heterocycles. The monoisotopic (exact) mass is 269 g/mol. The van der Waals surface area contributed by atoms with Gasteiger partial charge in [0, 0.05) is 13.2 Å². The molecular formula is C14H27NO2Si. The van der Waals surface area contributed by atoms with Gasteiger partial charge in [-0.2, -0.15) is 0 Å². The number of carbonyl (C=O) groups excluding carboxylic acids is 1. The minimum Gasteiger partial charge on any atom is -0.417 e. The summed E-state index contributed by atoms with van der Waals surface area (Å²) < 4.78 is 6.11. The van der Waals surface area contributed by atoms with E-state index in [1.807, 2.05) is 0 Å². The third kappa shape index (κ3) is 3.69. The second kappa shape index (κ2) is 5.57. The van der Waals surface area contributed by atoms with Gasteiger partial charge in [-0.25, -0.2) is 0 Å². The van der Waals surface area contributed by atoms with Gasteiger partial charge < -0.3 is 9.74 Å². The van der Waals surface area contributed by atoms with Gasteiger partial charge in [-0.05, 0) is 31.0 Å². The summed E-state index contributed by atoms with van der Waals surface area (Å²) in [5.41, 5.74) is 1.02. The molecule has 1 heterocycles. The van der Waals surface area contributed by atoms with E-state index in [2.05, 4.69) is 45.8 Å². The van der Waals surface area contributed by atoms with E-state index in [-0.39, 0.29) is 16.9 Å². The van der Waals surface area contributed by atoms with E-state index in [1.165, 1.54) is 0 Å². The molecule has 0 radical (unpaired) electrons. The summed E-state index contributed by atoms with van der Waals surface area (Å²) >= 11 is 0. The molecule has 1 atom stereocenters. The van der Waals surface area contributed by atoms with Gasteiger partial charge in [0.05, 0.1) is 5.92 Å². The molecule has 0 aliphatic carbocycles. The average molecular weight is 269 g/mol. The molecule has 1 rings (SSSR count). The predicted octanol–water partition coefficient (Wildman–Crippen LogP) is 3.09. The highest BCUT2D eigenvalue weighted by Gasteiger charge is 2.37. The molecular weight excluding hydrogens is 242 g/mol. The van der Waals surface area contributed by atoms with Crippen LogP contribution in [0.3, 0.4) is 0 Å². The number of hydrogen-bond donors (Lipinski definition) is 1. The van der Waals surface area contributed by atoms with Gasteiger partial charge in [0.1, 0.15) is 0 Å². The Balaban J connectivity index is 2.38. The lowest BCUT2D eigenvalue weighted by atomic mass is 9.97. The zero-order valence-corrected chi connectivity index (χ0v) is 13.4. The second-order valence-electron chi connectivity index (χ2n) is 6.65. The summed E-state index contributed by atoms with van der Waals surface area (Å²) in [6.45, 7) is 16.7. The Morgan fingerprint density at radius 3 is 2.56 bits per heavy atom. The maximum atomic E-state index is 11.5. The van der Waals surface area contributed by atoms with Crippen LogP contribution in [0, 0.1) is 5.92 Å². The zero-order valence-electron chi connectivity index (χ0n) is 12.4. The third-order valence-electron chi connectivity index (χ3n) is 4.23. The van der Waals surface area contributed by atoms with E-state index in [1.54, 1.807) is 0 Å². The molecule has 0 saturated carbocycles. The Hall–Kier alpha value is -0.613. The fourth-order valence-electron chi connectivity index (χ4n) is 1.81. The molecule has 1 saturated heterocycles. The van der Waals surface area contributed by atoms with Gasteiger partial charge in [-0.1, -0.05) is 32.9 Å². The van der Waals surface area contributed by atoms with Crippen molar-refractivity contribution in [2.45, 2.75) is 51.7 Å². The fraction of sp³-hybridized carbons (Fsp3) is 0.786. The molecule has 1 amide bonds. The van der Waals surface area contributed by atoms with Crippen molar-refractivity contribution in [2.75, 3.05) is 13.2 Å². The van der Waals surface area contributed by atoms with Crippen LogP contribution in [0.5, 0.6) is 0 Å². The van der Waals surface area contributed by atoms with E-state index in [0.717, 1.165) is 25.0 Å². The predicted molar refractivity (Wildman–Crippen MR) is 78.0 cm³/mol. The summed E-state index contributed by atoms with van der Waals surface area (Å²) in [6, 6.07) is 0. The lowest BCUT2D eigenvalue weighted by Crippen LogP contribution is -2.41. The first-order chi connectivity index (χ1) is 8.15. The largest absolute Gasteiger partial charge is 0.417 e. The molecule has 1 aliphatic rings. The maximum Gasteiger partial charge on any atom is 0.227 e. The van der Waals surface area contributed by atoms with Crippen LogP contribution in [0.2, 0.25) is 18.1 Å². The van der Waals surface area contributed by atoms with Crippen LogP contribution in [-0.4, -0.2) is 27.4 Å². The minimum absolute atomic E-state index is 0.00742. The van der Waals surface area contributed by atoms with Crippen molar-refractivity contribution in [2.24, 2.45) is 5.92 Å². The Bertz CT molecular complexity index is 331. The summed E-state index contributed by atoms with van der Waals surface area (Å²) in [6.07, 6.45) is 1.68. The Labute approximate surface area is 112 Å². The van der Waals surface area contributed by atoms with Crippen molar-refractivity contribution in [1.82, 2.24) is 5.32 Å². The zero-order chi connectivity index (χ0) is 14.0. The second-order valence-corrected chi connectivity index (χ2v) is 11.5. The van der Waals surface area contributed by atoms with Crippen LogP contribution < -0.4 is 5.32 Å². The van der Waals surface area contributed by atoms with Crippen LogP contribution in [0.15, 0.2) is 12.2 Å². The van der Waals surface area contributed by atoms with E-state index in [4.69, 9.17) is 4.43 Å². The molecule has 3 nitrogen and oxygen atoms in total. The van der Waals surface area contributed by atoms with Crippen LogP contribution in [0.1, 0.15) is 33.6 Å². The van der Waals surface area contributed by atoms with Crippen LogP contribution in [0.4, 0.5) is 0 Å². The van der Waals surface area contributed by atoms with E-state index in [0.29, 0.717) is 6.61 Å². The molecule has 0 aromatic rings. The molecule has 1 fully saturated rings. The number of carbonyl (C=O) groups is 1. The van der Waals surface area contributed by atoms with Gasteiger partial charge in [-0.15, -0.1) is 0 Å². The van der Waals surface area contributed by atoms with Crippen molar-refractivity contribution in [3.8, 4) is 0 Å². The Morgan fingerprint density at radius 1 is 1.50 bits per heavy atom. The van der Waals surface area contributed by atoms with Crippen molar-refractivity contribution >= 4 is 14.2 Å². The SMILES string of the molecule is C=C(CCO[Si](C)(C)C(C)(C)C)C1CCNC1=O. The molecule has 0 aromatic carbocycles. The first-order valence-electron chi connectivity index (χ1n) is 6.74. The number of amides is 1. The molecule has 4 heteroatoms. The Kier molecular flexibility index (Phi) is 4.78. The highest BCUT2D eigenvalue weighted by molar-refractivity contribution is 6.74. The average Bonchev–Trinajstić information content (AvgIpc) is 2.62. The Morgan fingerprint density at radius 2 is 2.11 bits per heavy atom. The number of nitrogens with one attached hydrogen (secondary N) is 1. The van der Waals surface area contributed by atoms with Crippen molar-refractivity contribution in [3.63, 3.8) is 0 Å². The molecule has 1 unspecified atom stereocenters. The molecule has 0 bridgehead atoms. The quantitative estimate of drug-likeness (QED) is 0.615. The lowest BCUT2D eigenvalue weighted by molar-refractivity contribution is -0.121. The molecule has 0 aromatic heterocycles. The van der Waals surface area contributed by atoms with Gasteiger partial charge in [0.2, 0.25) is 5.91 Å². The molecule has 104 valence electrons. The topological polar surface area (TPSA) is 38.3 Å².